The normalized spacial score (nSPS) is 15.9. The van der Waals surface area contributed by atoms with Gasteiger partial charge in [0.25, 0.3) is 0 Å². The molecule has 0 bridgehead atoms. The van der Waals surface area contributed by atoms with Gasteiger partial charge >= 0.3 is 6.18 Å². The number of carbonyl (C=O) groups excluding carboxylic acids is 1. The number of hydrogen-bond donors (Lipinski definition) is 1. The van der Waals surface area contributed by atoms with Crippen molar-refractivity contribution in [1.82, 2.24) is 5.32 Å². The number of benzene rings is 1. The van der Waals surface area contributed by atoms with E-state index in [0.717, 1.165) is 11.3 Å². The van der Waals surface area contributed by atoms with Gasteiger partial charge in [-0.15, -0.1) is 0 Å². The molecule has 1 aromatic carbocycles. The summed E-state index contributed by atoms with van der Waals surface area (Å²) in [5, 5.41) is 2.99. The summed E-state index contributed by atoms with van der Waals surface area (Å²) in [6, 6.07) is 7.31. The Morgan fingerprint density at radius 2 is 2.00 bits per heavy atom. The van der Waals surface area contributed by atoms with Crippen LogP contribution in [0.15, 0.2) is 24.3 Å². The van der Waals surface area contributed by atoms with Crippen LogP contribution in [0.2, 0.25) is 0 Å². The maximum Gasteiger partial charge on any atom is 0.411 e. The van der Waals surface area contributed by atoms with Crippen LogP contribution in [-0.2, 0) is 16.1 Å². The molecule has 1 aliphatic heterocycles. The second-order valence-electron chi connectivity index (χ2n) is 4.45. The molecule has 0 spiro atoms. The number of ether oxygens (including phenoxy) is 1. The van der Waals surface area contributed by atoms with E-state index in [1.165, 1.54) is 4.90 Å². The number of halogens is 3. The molecule has 1 amide bonds. The zero-order valence-corrected chi connectivity index (χ0v) is 10.7. The molecular formula is C13H15F3N2O2. The van der Waals surface area contributed by atoms with Gasteiger partial charge in [0.2, 0.25) is 5.91 Å². The average molecular weight is 288 g/mol. The molecule has 0 radical (unpaired) electrons. The van der Waals surface area contributed by atoms with Crippen molar-refractivity contribution in [2.75, 3.05) is 31.2 Å². The quantitative estimate of drug-likeness (QED) is 0.858. The van der Waals surface area contributed by atoms with Crippen molar-refractivity contribution in [3.63, 3.8) is 0 Å². The Balaban J connectivity index is 2.00. The lowest BCUT2D eigenvalue weighted by atomic mass is 10.1. The Morgan fingerprint density at radius 3 is 2.75 bits per heavy atom. The Labute approximate surface area is 114 Å². The van der Waals surface area contributed by atoms with Gasteiger partial charge < -0.3 is 15.0 Å². The number of anilines is 1. The van der Waals surface area contributed by atoms with Gasteiger partial charge in [-0.05, 0) is 11.6 Å². The van der Waals surface area contributed by atoms with Crippen LogP contribution in [0, 0.1) is 0 Å². The second-order valence-corrected chi connectivity index (χ2v) is 4.45. The highest BCUT2D eigenvalue weighted by Gasteiger charge is 2.28. The van der Waals surface area contributed by atoms with Crippen molar-refractivity contribution < 1.29 is 22.7 Å². The van der Waals surface area contributed by atoms with Crippen LogP contribution in [0.3, 0.4) is 0 Å². The maximum absolute atomic E-state index is 12.0. The van der Waals surface area contributed by atoms with E-state index < -0.39 is 12.8 Å². The van der Waals surface area contributed by atoms with E-state index in [1.54, 1.807) is 12.1 Å². The Bertz CT molecular complexity index is 477. The molecule has 0 saturated carbocycles. The molecule has 1 aliphatic rings. The fraction of sp³-hybridized carbons (Fsp3) is 0.462. The molecule has 0 atom stereocenters. The number of rotatable bonds is 4. The molecule has 1 heterocycles. The van der Waals surface area contributed by atoms with E-state index in [-0.39, 0.29) is 25.6 Å². The molecule has 0 aromatic heterocycles. The van der Waals surface area contributed by atoms with Crippen LogP contribution >= 0.6 is 0 Å². The molecule has 0 fully saturated rings. The van der Waals surface area contributed by atoms with E-state index >= 15 is 0 Å². The Hall–Kier alpha value is -1.60. The average Bonchev–Trinajstić information content (AvgIpc) is 2.53. The van der Waals surface area contributed by atoms with Gasteiger partial charge in [0.1, 0.15) is 6.61 Å². The van der Waals surface area contributed by atoms with Crippen LogP contribution in [0.4, 0.5) is 18.9 Å². The predicted octanol–water partition coefficient (Wildman–Crippen LogP) is 1.70. The number of nitrogens with one attached hydrogen (secondary N) is 1. The summed E-state index contributed by atoms with van der Waals surface area (Å²) in [7, 11) is 0. The van der Waals surface area contributed by atoms with Gasteiger partial charge in [-0.2, -0.15) is 13.2 Å². The van der Waals surface area contributed by atoms with Crippen molar-refractivity contribution in [3.8, 4) is 0 Å². The van der Waals surface area contributed by atoms with Crippen LogP contribution in [0.1, 0.15) is 5.56 Å². The topological polar surface area (TPSA) is 41.6 Å². The van der Waals surface area contributed by atoms with Gasteiger partial charge in [-0.25, -0.2) is 0 Å². The zero-order valence-electron chi connectivity index (χ0n) is 10.7. The highest BCUT2D eigenvalue weighted by atomic mass is 19.4. The molecule has 0 saturated heterocycles. The fourth-order valence-corrected chi connectivity index (χ4v) is 2.05. The van der Waals surface area contributed by atoms with Crippen LogP contribution in [0.25, 0.3) is 0 Å². The summed E-state index contributed by atoms with van der Waals surface area (Å²) in [6.45, 7) is -0.627. The molecule has 20 heavy (non-hydrogen) atoms. The molecule has 1 N–H and O–H groups in total. The summed E-state index contributed by atoms with van der Waals surface area (Å²) in [6.07, 6.45) is -4.34. The van der Waals surface area contributed by atoms with Gasteiger partial charge in [-0.1, -0.05) is 18.2 Å². The van der Waals surface area contributed by atoms with Gasteiger partial charge in [0.05, 0.1) is 13.2 Å². The van der Waals surface area contributed by atoms with Crippen molar-refractivity contribution in [1.29, 1.82) is 0 Å². The van der Waals surface area contributed by atoms with Gasteiger partial charge in [-0.3, -0.25) is 4.79 Å². The highest BCUT2D eigenvalue weighted by molar-refractivity contribution is 5.96. The molecule has 2 rings (SSSR count). The van der Waals surface area contributed by atoms with Crippen molar-refractivity contribution in [3.05, 3.63) is 29.8 Å². The van der Waals surface area contributed by atoms with E-state index in [2.05, 4.69) is 10.1 Å². The number of nitrogens with zero attached hydrogens (tertiary/aromatic N) is 1. The monoisotopic (exact) mass is 288 g/mol. The molecule has 7 heteroatoms. The first-order chi connectivity index (χ1) is 9.47. The number of alkyl halides is 3. The summed E-state index contributed by atoms with van der Waals surface area (Å²) < 4.78 is 40.5. The van der Waals surface area contributed by atoms with Crippen molar-refractivity contribution in [2.45, 2.75) is 12.7 Å². The van der Waals surface area contributed by atoms with Gasteiger partial charge in [0.15, 0.2) is 0 Å². The minimum Gasteiger partial charge on any atom is -0.370 e. The minimum atomic E-state index is -4.34. The molecule has 0 unspecified atom stereocenters. The first kappa shape index (κ1) is 14.8. The van der Waals surface area contributed by atoms with E-state index in [1.807, 2.05) is 12.1 Å². The SMILES string of the molecule is O=C1CNCc2ccccc2N1CCOCC(F)(F)F. The lowest BCUT2D eigenvalue weighted by Gasteiger charge is -2.22. The van der Waals surface area contributed by atoms with E-state index in [0.29, 0.717) is 6.54 Å². The fourth-order valence-electron chi connectivity index (χ4n) is 2.05. The summed E-state index contributed by atoms with van der Waals surface area (Å²) in [5.41, 5.74) is 1.66. The number of amides is 1. The van der Waals surface area contributed by atoms with E-state index in [4.69, 9.17) is 0 Å². The Kier molecular flexibility index (Phi) is 4.61. The maximum atomic E-state index is 12.0. The molecule has 0 aliphatic carbocycles. The number of para-hydroxylation sites is 1. The lowest BCUT2D eigenvalue weighted by Crippen LogP contribution is -2.38. The standard InChI is InChI=1S/C13H15F3N2O2/c14-13(15,16)9-20-6-5-18-11-4-2-1-3-10(11)7-17-8-12(18)19/h1-4,17H,5-9H2. The van der Waals surface area contributed by atoms with Gasteiger partial charge in [0, 0.05) is 18.8 Å². The zero-order chi connectivity index (χ0) is 14.6. The number of hydrogen-bond acceptors (Lipinski definition) is 3. The van der Waals surface area contributed by atoms with Crippen LogP contribution in [0.5, 0.6) is 0 Å². The molecule has 4 nitrogen and oxygen atoms in total. The third-order valence-corrected chi connectivity index (χ3v) is 2.90. The second kappa shape index (κ2) is 6.23. The molecule has 1 aromatic rings. The smallest absolute Gasteiger partial charge is 0.370 e. The number of fused-ring (bicyclic) bond motifs is 1. The largest absolute Gasteiger partial charge is 0.411 e. The summed E-state index contributed by atoms with van der Waals surface area (Å²) >= 11 is 0. The first-order valence-electron chi connectivity index (χ1n) is 6.21. The number of carbonyl (C=O) groups is 1. The van der Waals surface area contributed by atoms with Crippen molar-refractivity contribution >= 4 is 11.6 Å². The third-order valence-electron chi connectivity index (χ3n) is 2.90. The van der Waals surface area contributed by atoms with Crippen LogP contribution < -0.4 is 10.2 Å². The first-order valence-corrected chi connectivity index (χ1v) is 6.21. The molecule has 110 valence electrons. The minimum absolute atomic E-state index is 0.105. The lowest BCUT2D eigenvalue weighted by molar-refractivity contribution is -0.173. The molecular weight excluding hydrogens is 273 g/mol. The van der Waals surface area contributed by atoms with E-state index in [9.17, 15) is 18.0 Å². The summed E-state index contributed by atoms with van der Waals surface area (Å²) in [4.78, 5) is 13.4. The van der Waals surface area contributed by atoms with Crippen LogP contribution in [-0.4, -0.2) is 38.4 Å². The predicted molar refractivity (Wildman–Crippen MR) is 67.4 cm³/mol. The van der Waals surface area contributed by atoms with Crippen molar-refractivity contribution in [2.24, 2.45) is 0 Å². The summed E-state index contributed by atoms with van der Waals surface area (Å²) in [5.74, 6) is -0.175. The Morgan fingerprint density at radius 1 is 1.25 bits per heavy atom. The third kappa shape index (κ3) is 3.94. The highest BCUT2D eigenvalue weighted by Crippen LogP contribution is 2.22.